The molecular weight excluding hydrogens is 410 g/mol. The van der Waals surface area contributed by atoms with Crippen molar-refractivity contribution in [1.82, 2.24) is 4.90 Å². The molecule has 0 radical (unpaired) electrons. The van der Waals surface area contributed by atoms with Crippen molar-refractivity contribution in [2.24, 2.45) is 5.92 Å². The fourth-order valence-corrected chi connectivity index (χ4v) is 3.88. The van der Waals surface area contributed by atoms with E-state index >= 15 is 0 Å². The summed E-state index contributed by atoms with van der Waals surface area (Å²) in [5, 5.41) is 0. The van der Waals surface area contributed by atoms with Crippen LogP contribution in [0, 0.1) is 5.92 Å². The Morgan fingerprint density at radius 3 is 2.00 bits per heavy atom. The van der Waals surface area contributed by atoms with Crippen molar-refractivity contribution in [1.29, 1.82) is 0 Å². The lowest BCUT2D eigenvalue weighted by atomic mass is 9.76. The zero-order chi connectivity index (χ0) is 21.5. The Bertz CT molecular complexity index is 975. The molecule has 3 rings (SSSR count). The third-order valence-corrected chi connectivity index (χ3v) is 5.27. The van der Waals surface area contributed by atoms with Crippen LogP contribution >= 0.6 is 12.4 Å². The van der Waals surface area contributed by atoms with E-state index in [0.717, 1.165) is 16.9 Å². The molecule has 2 atom stereocenters. The maximum absolute atomic E-state index is 13.8. The summed E-state index contributed by atoms with van der Waals surface area (Å²) < 4.78 is 10.8. The summed E-state index contributed by atoms with van der Waals surface area (Å²) in [6, 6.07) is 25.6. The minimum Gasteiger partial charge on any atom is -0.497 e. The molecular formula is C26H30ClNO3. The van der Waals surface area contributed by atoms with Crippen LogP contribution in [0.25, 0.3) is 0 Å². The first-order chi connectivity index (χ1) is 14.5. The van der Waals surface area contributed by atoms with Crippen LogP contribution in [0.5, 0.6) is 11.5 Å². The zero-order valence-corrected chi connectivity index (χ0v) is 19.3. The molecule has 0 spiro atoms. The lowest BCUT2D eigenvalue weighted by Crippen LogP contribution is -2.33. The Morgan fingerprint density at radius 1 is 0.806 bits per heavy atom. The first-order valence-corrected chi connectivity index (χ1v) is 10.1. The van der Waals surface area contributed by atoms with Gasteiger partial charge in [-0.3, -0.25) is 4.79 Å². The van der Waals surface area contributed by atoms with Crippen LogP contribution in [-0.2, 0) is 0 Å². The molecule has 0 aromatic heterocycles. The number of halogens is 1. The molecule has 0 aliphatic rings. The second-order valence-corrected chi connectivity index (χ2v) is 7.63. The molecule has 31 heavy (non-hydrogen) atoms. The SMILES string of the molecule is COc1cccc(C(=O)[C@H](CN(C)C)[C@@H](c2ccccc2)c2cccc(OC)c2)c1.Cl. The number of benzene rings is 3. The summed E-state index contributed by atoms with van der Waals surface area (Å²) in [6.45, 7) is 0.618. The van der Waals surface area contributed by atoms with Crippen molar-refractivity contribution in [3.8, 4) is 11.5 Å². The average molecular weight is 440 g/mol. The second-order valence-electron chi connectivity index (χ2n) is 7.63. The minimum absolute atomic E-state index is 0. The molecule has 5 heteroatoms. The fourth-order valence-electron chi connectivity index (χ4n) is 3.88. The van der Waals surface area contributed by atoms with E-state index in [2.05, 4.69) is 23.1 Å². The van der Waals surface area contributed by atoms with E-state index in [1.165, 1.54) is 0 Å². The summed E-state index contributed by atoms with van der Waals surface area (Å²) in [6.07, 6.45) is 0. The van der Waals surface area contributed by atoms with E-state index in [4.69, 9.17) is 9.47 Å². The van der Waals surface area contributed by atoms with Gasteiger partial charge in [0.2, 0.25) is 0 Å². The van der Waals surface area contributed by atoms with E-state index in [1.807, 2.05) is 74.8 Å². The van der Waals surface area contributed by atoms with Gasteiger partial charge in [0.15, 0.2) is 5.78 Å². The lowest BCUT2D eigenvalue weighted by molar-refractivity contribution is 0.0882. The van der Waals surface area contributed by atoms with E-state index in [9.17, 15) is 4.79 Å². The van der Waals surface area contributed by atoms with Gasteiger partial charge in [-0.05, 0) is 49.5 Å². The largest absolute Gasteiger partial charge is 0.497 e. The zero-order valence-electron chi connectivity index (χ0n) is 18.4. The third-order valence-electron chi connectivity index (χ3n) is 5.27. The highest BCUT2D eigenvalue weighted by molar-refractivity contribution is 5.99. The number of Topliss-reactive ketones (excluding diaryl/α,β-unsaturated/α-hetero) is 1. The summed E-state index contributed by atoms with van der Waals surface area (Å²) in [5.74, 6) is 1.18. The third kappa shape index (κ3) is 6.09. The molecule has 0 aliphatic heterocycles. The summed E-state index contributed by atoms with van der Waals surface area (Å²) in [4.78, 5) is 15.8. The van der Waals surface area contributed by atoms with Gasteiger partial charge < -0.3 is 14.4 Å². The topological polar surface area (TPSA) is 38.8 Å². The van der Waals surface area contributed by atoms with Crippen molar-refractivity contribution in [3.63, 3.8) is 0 Å². The number of hydrogen-bond donors (Lipinski definition) is 0. The summed E-state index contributed by atoms with van der Waals surface area (Å²) in [5.41, 5.74) is 2.82. The number of ketones is 1. The van der Waals surface area contributed by atoms with Crippen LogP contribution in [0.3, 0.4) is 0 Å². The molecule has 0 aliphatic carbocycles. The number of carbonyl (C=O) groups excluding carboxylic acids is 1. The van der Waals surface area contributed by atoms with Gasteiger partial charge in [-0.15, -0.1) is 12.4 Å². The van der Waals surface area contributed by atoms with Crippen LogP contribution in [0.2, 0.25) is 0 Å². The average Bonchev–Trinajstić information content (AvgIpc) is 2.79. The number of nitrogens with zero attached hydrogens (tertiary/aromatic N) is 1. The highest BCUT2D eigenvalue weighted by Crippen LogP contribution is 2.36. The molecule has 0 saturated carbocycles. The molecule has 4 nitrogen and oxygen atoms in total. The number of carbonyl (C=O) groups is 1. The Morgan fingerprint density at radius 2 is 1.39 bits per heavy atom. The Labute approximate surface area is 191 Å². The number of ether oxygens (including phenoxy) is 2. The summed E-state index contributed by atoms with van der Waals surface area (Å²) >= 11 is 0. The quantitative estimate of drug-likeness (QED) is 0.423. The van der Waals surface area contributed by atoms with Gasteiger partial charge in [0, 0.05) is 23.9 Å². The monoisotopic (exact) mass is 439 g/mol. The normalized spacial score (nSPS) is 12.5. The molecule has 0 heterocycles. The Balaban J connectivity index is 0.00000341. The number of hydrogen-bond acceptors (Lipinski definition) is 4. The van der Waals surface area contributed by atoms with E-state index in [-0.39, 0.29) is 30.0 Å². The van der Waals surface area contributed by atoms with Crippen molar-refractivity contribution in [2.45, 2.75) is 5.92 Å². The smallest absolute Gasteiger partial charge is 0.168 e. The first-order valence-electron chi connectivity index (χ1n) is 10.1. The van der Waals surface area contributed by atoms with Crippen LogP contribution in [0.1, 0.15) is 27.4 Å². The summed E-state index contributed by atoms with van der Waals surface area (Å²) in [7, 11) is 7.28. The van der Waals surface area contributed by atoms with Gasteiger partial charge in [-0.2, -0.15) is 0 Å². The molecule has 3 aromatic carbocycles. The number of rotatable bonds is 9. The van der Waals surface area contributed by atoms with E-state index < -0.39 is 0 Å². The molecule has 0 saturated heterocycles. The lowest BCUT2D eigenvalue weighted by Gasteiger charge is -2.30. The van der Waals surface area contributed by atoms with Gasteiger partial charge in [0.1, 0.15) is 11.5 Å². The molecule has 0 N–H and O–H groups in total. The van der Waals surface area contributed by atoms with Gasteiger partial charge in [-0.1, -0.05) is 54.6 Å². The van der Waals surface area contributed by atoms with Gasteiger partial charge in [0.05, 0.1) is 14.2 Å². The Hall–Kier alpha value is -2.82. The van der Waals surface area contributed by atoms with Gasteiger partial charge in [-0.25, -0.2) is 0 Å². The van der Waals surface area contributed by atoms with Crippen LogP contribution in [-0.4, -0.2) is 45.5 Å². The van der Waals surface area contributed by atoms with Crippen molar-refractivity contribution in [2.75, 3.05) is 34.9 Å². The van der Waals surface area contributed by atoms with Crippen molar-refractivity contribution >= 4 is 18.2 Å². The molecule has 0 unspecified atom stereocenters. The predicted octanol–water partition coefficient (Wildman–Crippen LogP) is 5.32. The van der Waals surface area contributed by atoms with Crippen molar-refractivity contribution in [3.05, 3.63) is 95.6 Å². The highest BCUT2D eigenvalue weighted by Gasteiger charge is 2.32. The minimum atomic E-state index is -0.276. The molecule has 0 fully saturated rings. The Kier molecular flexibility index (Phi) is 9.10. The van der Waals surface area contributed by atoms with Crippen LogP contribution in [0.4, 0.5) is 0 Å². The molecule has 0 amide bonds. The van der Waals surface area contributed by atoms with Crippen LogP contribution in [0.15, 0.2) is 78.9 Å². The maximum Gasteiger partial charge on any atom is 0.168 e. The van der Waals surface area contributed by atoms with Crippen molar-refractivity contribution < 1.29 is 14.3 Å². The van der Waals surface area contributed by atoms with Gasteiger partial charge in [0.25, 0.3) is 0 Å². The standard InChI is InChI=1S/C26H29NO3.ClH/c1-27(2)18-24(26(28)21-13-9-15-23(17-21)30-4)25(19-10-6-5-7-11-19)20-12-8-14-22(16-20)29-3;/h5-17,24-25H,18H2,1-4H3;1H/t24-,25+;/m1./s1. The van der Waals surface area contributed by atoms with Crippen LogP contribution < -0.4 is 9.47 Å². The predicted molar refractivity (Wildman–Crippen MR) is 128 cm³/mol. The second kappa shape index (κ2) is 11.5. The highest BCUT2D eigenvalue weighted by atomic mass is 35.5. The number of methoxy groups -OCH3 is 2. The first kappa shape index (κ1) is 24.4. The maximum atomic E-state index is 13.8. The molecule has 164 valence electrons. The molecule has 3 aromatic rings. The van der Waals surface area contributed by atoms with Gasteiger partial charge >= 0.3 is 0 Å². The van der Waals surface area contributed by atoms with E-state index in [0.29, 0.717) is 17.9 Å². The van der Waals surface area contributed by atoms with E-state index in [1.54, 1.807) is 14.2 Å². The fraction of sp³-hybridized carbons (Fsp3) is 0.269. The molecule has 0 bridgehead atoms.